The molecule has 0 unspecified atom stereocenters. The van der Waals surface area contributed by atoms with Crippen molar-refractivity contribution in [3.05, 3.63) is 6.54 Å². The van der Waals surface area contributed by atoms with Gasteiger partial charge in [-0.05, 0) is 45.3 Å². The fraction of sp³-hybridized carbons (Fsp3) is 0.900. The first-order valence-corrected chi connectivity index (χ1v) is 5.26. The fourth-order valence-electron chi connectivity index (χ4n) is 2.26. The van der Waals surface area contributed by atoms with Crippen molar-refractivity contribution in [3.8, 4) is 0 Å². The Balaban J connectivity index is 1.80. The lowest BCUT2D eigenvalue weighted by Crippen LogP contribution is -2.43. The maximum absolute atomic E-state index is 3.41. The van der Waals surface area contributed by atoms with Crippen LogP contribution in [-0.4, -0.2) is 30.6 Å². The highest BCUT2D eigenvalue weighted by Crippen LogP contribution is 2.20. The van der Waals surface area contributed by atoms with E-state index >= 15 is 0 Å². The molecule has 69 valence electrons. The number of nitrogens with one attached hydrogen (secondary N) is 1. The summed E-state index contributed by atoms with van der Waals surface area (Å²) in [6.07, 6.45) is 6.80. The Morgan fingerprint density at radius 1 is 1.17 bits per heavy atom. The molecule has 2 saturated heterocycles. The summed E-state index contributed by atoms with van der Waals surface area (Å²) in [4.78, 5) is 2.59. The quantitative estimate of drug-likeness (QED) is 0.635. The average molecular weight is 167 g/mol. The van der Waals surface area contributed by atoms with E-state index in [4.69, 9.17) is 0 Å². The highest BCUT2D eigenvalue weighted by Gasteiger charge is 2.21. The number of hydrogen-bond donors (Lipinski definition) is 1. The molecule has 1 radical (unpaired) electrons. The van der Waals surface area contributed by atoms with Gasteiger partial charge in [-0.25, -0.2) is 0 Å². The summed E-state index contributed by atoms with van der Waals surface area (Å²) >= 11 is 0. The first kappa shape index (κ1) is 8.52. The van der Waals surface area contributed by atoms with E-state index in [0.29, 0.717) is 0 Å². The van der Waals surface area contributed by atoms with Crippen LogP contribution in [0, 0.1) is 6.54 Å². The highest BCUT2D eigenvalue weighted by atomic mass is 15.2. The predicted molar refractivity (Wildman–Crippen MR) is 50.7 cm³/mol. The fourth-order valence-corrected chi connectivity index (χ4v) is 2.26. The molecule has 0 aliphatic carbocycles. The molecule has 12 heavy (non-hydrogen) atoms. The van der Waals surface area contributed by atoms with E-state index in [0.717, 1.165) is 6.04 Å². The second-order valence-corrected chi connectivity index (χ2v) is 3.90. The Hall–Kier alpha value is -0.0800. The molecule has 2 heteroatoms. The third-order valence-corrected chi connectivity index (χ3v) is 3.01. The molecule has 0 aromatic heterocycles. The maximum Gasteiger partial charge on any atom is 0.0254 e. The molecule has 2 fully saturated rings. The van der Waals surface area contributed by atoms with Crippen LogP contribution in [0.3, 0.4) is 0 Å². The number of likely N-dealkylation sites (tertiary alicyclic amines) is 1. The first-order valence-electron chi connectivity index (χ1n) is 5.26. The van der Waals surface area contributed by atoms with Crippen molar-refractivity contribution >= 4 is 0 Å². The molecule has 2 heterocycles. The van der Waals surface area contributed by atoms with Gasteiger partial charge in [0.05, 0.1) is 0 Å². The largest absolute Gasteiger partial charge is 0.317 e. The number of piperidine rings is 2. The van der Waals surface area contributed by atoms with E-state index in [2.05, 4.69) is 16.8 Å². The zero-order valence-corrected chi connectivity index (χ0v) is 7.76. The summed E-state index contributed by atoms with van der Waals surface area (Å²) in [5, 5.41) is 3.41. The normalized spacial score (nSPS) is 29.0. The van der Waals surface area contributed by atoms with Gasteiger partial charge in [-0.15, -0.1) is 0 Å². The topological polar surface area (TPSA) is 15.3 Å². The summed E-state index contributed by atoms with van der Waals surface area (Å²) < 4.78 is 0. The van der Waals surface area contributed by atoms with Crippen LogP contribution >= 0.6 is 0 Å². The zero-order valence-electron chi connectivity index (χ0n) is 7.76. The van der Waals surface area contributed by atoms with E-state index in [1.807, 2.05) is 0 Å². The highest BCUT2D eigenvalue weighted by molar-refractivity contribution is 4.84. The van der Waals surface area contributed by atoms with Gasteiger partial charge >= 0.3 is 0 Å². The van der Waals surface area contributed by atoms with Crippen LogP contribution in [0.1, 0.15) is 32.1 Å². The SMILES string of the molecule is [CH]1CCCCN1C1CCNCC1. The molecule has 2 aliphatic rings. The number of rotatable bonds is 1. The van der Waals surface area contributed by atoms with Crippen molar-refractivity contribution in [1.29, 1.82) is 0 Å². The Morgan fingerprint density at radius 3 is 2.67 bits per heavy atom. The van der Waals surface area contributed by atoms with E-state index in [1.54, 1.807) is 0 Å². The van der Waals surface area contributed by atoms with E-state index in [9.17, 15) is 0 Å². The summed E-state index contributed by atoms with van der Waals surface area (Å²) in [6, 6.07) is 0.853. The van der Waals surface area contributed by atoms with Crippen molar-refractivity contribution in [1.82, 2.24) is 10.2 Å². The van der Waals surface area contributed by atoms with Gasteiger partial charge in [0, 0.05) is 12.6 Å². The Morgan fingerprint density at radius 2 is 2.00 bits per heavy atom. The summed E-state index contributed by atoms with van der Waals surface area (Å²) in [7, 11) is 0. The van der Waals surface area contributed by atoms with Gasteiger partial charge in [0.1, 0.15) is 0 Å². The van der Waals surface area contributed by atoms with Crippen LogP contribution in [0.4, 0.5) is 0 Å². The minimum atomic E-state index is 0.853. The van der Waals surface area contributed by atoms with Gasteiger partial charge in [0.15, 0.2) is 0 Å². The van der Waals surface area contributed by atoms with E-state index in [-0.39, 0.29) is 0 Å². The molecule has 0 bridgehead atoms. The van der Waals surface area contributed by atoms with Gasteiger partial charge in [-0.2, -0.15) is 0 Å². The lowest BCUT2D eigenvalue weighted by atomic mass is 10.0. The second-order valence-electron chi connectivity index (χ2n) is 3.90. The zero-order chi connectivity index (χ0) is 8.23. The predicted octanol–water partition coefficient (Wildman–Crippen LogP) is 1.39. The standard InChI is InChI=1S/C10H19N2/c1-2-8-12(9-3-1)10-4-6-11-7-5-10/h8,10-11H,1-7,9H2. The van der Waals surface area contributed by atoms with Crippen molar-refractivity contribution in [2.24, 2.45) is 0 Å². The second kappa shape index (κ2) is 4.24. The maximum atomic E-state index is 3.41. The van der Waals surface area contributed by atoms with Gasteiger partial charge in [-0.3, -0.25) is 4.90 Å². The van der Waals surface area contributed by atoms with Crippen LogP contribution in [0.15, 0.2) is 0 Å². The van der Waals surface area contributed by atoms with Crippen molar-refractivity contribution < 1.29 is 0 Å². The van der Waals surface area contributed by atoms with E-state index in [1.165, 1.54) is 51.7 Å². The molecule has 0 spiro atoms. The molecular weight excluding hydrogens is 148 g/mol. The van der Waals surface area contributed by atoms with Gasteiger partial charge < -0.3 is 5.32 Å². The lowest BCUT2D eigenvalue weighted by molar-refractivity contribution is 0.174. The van der Waals surface area contributed by atoms with Crippen LogP contribution in [0.5, 0.6) is 0 Å². The van der Waals surface area contributed by atoms with Crippen LogP contribution in [0.25, 0.3) is 0 Å². The first-order chi connectivity index (χ1) is 5.97. The van der Waals surface area contributed by atoms with Gasteiger partial charge in [0.2, 0.25) is 0 Å². The van der Waals surface area contributed by atoms with Crippen molar-refractivity contribution in [2.45, 2.75) is 38.1 Å². The van der Waals surface area contributed by atoms with Crippen molar-refractivity contribution in [3.63, 3.8) is 0 Å². The number of nitrogens with zero attached hydrogens (tertiary/aromatic N) is 1. The Bertz CT molecular complexity index is 108. The third-order valence-electron chi connectivity index (χ3n) is 3.01. The molecule has 0 atom stereocenters. The van der Waals surface area contributed by atoms with Gasteiger partial charge in [0.25, 0.3) is 0 Å². The molecule has 0 amide bonds. The van der Waals surface area contributed by atoms with Gasteiger partial charge in [-0.1, -0.05) is 6.42 Å². The number of hydrogen-bond acceptors (Lipinski definition) is 2. The molecule has 0 aromatic rings. The van der Waals surface area contributed by atoms with E-state index < -0.39 is 0 Å². The third kappa shape index (κ3) is 1.99. The molecular formula is C10H19N2. The summed E-state index contributed by atoms with van der Waals surface area (Å²) in [6.45, 7) is 6.17. The summed E-state index contributed by atoms with van der Waals surface area (Å²) in [5.74, 6) is 0. The smallest absolute Gasteiger partial charge is 0.0254 e. The minimum Gasteiger partial charge on any atom is -0.317 e. The average Bonchev–Trinajstić information content (AvgIpc) is 2.21. The summed E-state index contributed by atoms with van der Waals surface area (Å²) in [5.41, 5.74) is 0. The monoisotopic (exact) mass is 167 g/mol. The van der Waals surface area contributed by atoms with Crippen molar-refractivity contribution in [2.75, 3.05) is 19.6 Å². The molecule has 1 N–H and O–H groups in total. The van der Waals surface area contributed by atoms with Crippen LogP contribution in [0.2, 0.25) is 0 Å². The molecule has 0 aromatic carbocycles. The minimum absolute atomic E-state index is 0.853. The molecule has 2 aliphatic heterocycles. The Kier molecular flexibility index (Phi) is 3.01. The van der Waals surface area contributed by atoms with Crippen LogP contribution in [-0.2, 0) is 0 Å². The van der Waals surface area contributed by atoms with Crippen LogP contribution < -0.4 is 5.32 Å². The molecule has 2 nitrogen and oxygen atoms in total. The lowest BCUT2D eigenvalue weighted by Gasteiger charge is -2.36. The Labute approximate surface area is 75.3 Å². The molecule has 0 saturated carbocycles. The molecule has 2 rings (SSSR count).